The summed E-state index contributed by atoms with van der Waals surface area (Å²) in [5.41, 5.74) is 3.53. The summed E-state index contributed by atoms with van der Waals surface area (Å²) in [5.74, 6) is 6.35. The summed E-state index contributed by atoms with van der Waals surface area (Å²) in [5, 5.41) is 1.54. The second-order valence-corrected chi connectivity index (χ2v) is 5.50. The molecule has 20 heavy (non-hydrogen) atoms. The fourth-order valence-electron chi connectivity index (χ4n) is 1.76. The Labute approximate surface area is 132 Å². The van der Waals surface area contributed by atoms with Crippen LogP contribution in [0.5, 0.6) is 0 Å². The zero-order chi connectivity index (χ0) is 14.7. The monoisotopic (exact) mass is 330 g/mol. The molecule has 0 bridgehead atoms. The molecule has 0 spiro atoms. The van der Waals surface area contributed by atoms with Crippen molar-refractivity contribution >= 4 is 46.4 Å². The molecule has 0 aliphatic rings. The van der Waals surface area contributed by atoms with E-state index in [1.807, 2.05) is 36.2 Å². The molecule has 3 N–H and O–H groups in total. The highest BCUT2D eigenvalue weighted by atomic mass is 35.5. The first-order valence-electron chi connectivity index (χ1n) is 5.79. The summed E-state index contributed by atoms with van der Waals surface area (Å²) >= 11 is 18.0. The van der Waals surface area contributed by atoms with Crippen molar-refractivity contribution in [2.75, 3.05) is 17.4 Å². The Morgan fingerprint density at radius 1 is 1.15 bits per heavy atom. The van der Waals surface area contributed by atoms with Crippen LogP contribution in [0.2, 0.25) is 15.1 Å². The summed E-state index contributed by atoms with van der Waals surface area (Å²) in [4.78, 5) is 6.21. The van der Waals surface area contributed by atoms with E-state index >= 15 is 0 Å². The Bertz CT molecular complexity index is 601. The lowest BCUT2D eigenvalue weighted by atomic mass is 10.2. The van der Waals surface area contributed by atoms with Gasteiger partial charge in [-0.25, -0.2) is 10.8 Å². The number of hydrogen-bond acceptors (Lipinski definition) is 4. The van der Waals surface area contributed by atoms with Gasteiger partial charge in [0.05, 0.1) is 10.0 Å². The first kappa shape index (κ1) is 15.2. The Morgan fingerprint density at radius 2 is 1.80 bits per heavy atom. The van der Waals surface area contributed by atoms with Crippen molar-refractivity contribution in [3.63, 3.8) is 0 Å². The Balaban J connectivity index is 2.24. The van der Waals surface area contributed by atoms with Gasteiger partial charge in [-0.2, -0.15) is 0 Å². The number of hydrogen-bond donors (Lipinski definition) is 2. The molecule has 4 nitrogen and oxygen atoms in total. The van der Waals surface area contributed by atoms with Crippen LogP contribution in [0.4, 0.5) is 11.6 Å². The van der Waals surface area contributed by atoms with Gasteiger partial charge in [0.2, 0.25) is 0 Å². The van der Waals surface area contributed by atoms with Gasteiger partial charge in [0.25, 0.3) is 0 Å². The van der Waals surface area contributed by atoms with Crippen LogP contribution < -0.4 is 16.2 Å². The molecule has 0 fully saturated rings. The van der Waals surface area contributed by atoms with E-state index in [1.165, 1.54) is 0 Å². The van der Waals surface area contributed by atoms with Gasteiger partial charge in [0.15, 0.2) is 5.82 Å². The van der Waals surface area contributed by atoms with E-state index in [2.05, 4.69) is 10.4 Å². The van der Waals surface area contributed by atoms with Crippen molar-refractivity contribution in [3.05, 3.63) is 51.0 Å². The van der Waals surface area contributed by atoms with Crippen LogP contribution >= 0.6 is 34.8 Å². The molecule has 1 aromatic carbocycles. The van der Waals surface area contributed by atoms with Gasteiger partial charge in [0.1, 0.15) is 5.82 Å². The van der Waals surface area contributed by atoms with Crippen LogP contribution in [0, 0.1) is 0 Å². The molecule has 0 amide bonds. The molecule has 2 rings (SSSR count). The van der Waals surface area contributed by atoms with Gasteiger partial charge < -0.3 is 10.3 Å². The number of anilines is 2. The maximum absolute atomic E-state index is 6.17. The van der Waals surface area contributed by atoms with E-state index in [4.69, 9.17) is 40.6 Å². The smallest absolute Gasteiger partial charge is 0.161 e. The molecule has 106 valence electrons. The quantitative estimate of drug-likeness (QED) is 0.657. The number of rotatable bonds is 4. The number of hydrazine groups is 1. The Hall–Kier alpha value is -1.20. The number of benzene rings is 1. The minimum absolute atomic E-state index is 0.376. The maximum Gasteiger partial charge on any atom is 0.161 e. The van der Waals surface area contributed by atoms with Crippen LogP contribution in [0.3, 0.4) is 0 Å². The fourth-order valence-corrected chi connectivity index (χ4v) is 2.45. The fraction of sp³-hybridized carbons (Fsp3) is 0.154. The van der Waals surface area contributed by atoms with Crippen LogP contribution in [-0.2, 0) is 6.54 Å². The SMILES string of the molecule is CN(Cc1ccc(Cl)cc1)c1nc(NN)c(Cl)cc1Cl. The average Bonchev–Trinajstić information content (AvgIpc) is 2.41. The van der Waals surface area contributed by atoms with Crippen molar-refractivity contribution in [2.45, 2.75) is 6.54 Å². The third-order valence-corrected chi connectivity index (χ3v) is 3.56. The zero-order valence-electron chi connectivity index (χ0n) is 10.7. The number of aromatic nitrogens is 1. The minimum atomic E-state index is 0.376. The number of halogens is 3. The number of nitrogen functional groups attached to an aromatic ring is 1. The van der Waals surface area contributed by atoms with E-state index in [-0.39, 0.29) is 0 Å². The summed E-state index contributed by atoms with van der Waals surface area (Å²) in [6.45, 7) is 0.634. The number of pyridine rings is 1. The second kappa shape index (κ2) is 6.50. The molecule has 0 radical (unpaired) electrons. The maximum atomic E-state index is 6.17. The van der Waals surface area contributed by atoms with Crippen molar-refractivity contribution in [3.8, 4) is 0 Å². The molecule has 0 saturated carbocycles. The lowest BCUT2D eigenvalue weighted by Gasteiger charge is -2.20. The largest absolute Gasteiger partial charge is 0.354 e. The molecular weight excluding hydrogens is 319 g/mol. The van der Waals surface area contributed by atoms with Gasteiger partial charge in [-0.3, -0.25) is 0 Å². The number of nitrogens with zero attached hydrogens (tertiary/aromatic N) is 2. The second-order valence-electron chi connectivity index (χ2n) is 4.25. The standard InChI is InChI=1S/C13H13Cl3N4/c1-20(7-8-2-4-9(14)5-3-8)13-11(16)6-10(15)12(18-13)19-17/h2-6H,7,17H2,1H3,(H,18,19). The van der Waals surface area contributed by atoms with Gasteiger partial charge in [-0.05, 0) is 23.8 Å². The number of nitrogens with one attached hydrogen (secondary N) is 1. The van der Waals surface area contributed by atoms with Gasteiger partial charge in [0, 0.05) is 18.6 Å². The minimum Gasteiger partial charge on any atom is -0.354 e. The molecule has 0 atom stereocenters. The third-order valence-electron chi connectivity index (χ3n) is 2.74. The van der Waals surface area contributed by atoms with Crippen molar-refractivity contribution in [1.82, 2.24) is 4.98 Å². The van der Waals surface area contributed by atoms with Gasteiger partial charge in [-0.15, -0.1) is 0 Å². The number of nitrogens with two attached hydrogens (primary N) is 1. The van der Waals surface area contributed by atoms with Crippen LogP contribution in [0.15, 0.2) is 30.3 Å². The predicted octanol–water partition coefficient (Wildman–Crippen LogP) is 3.96. The summed E-state index contributed by atoms with van der Waals surface area (Å²) < 4.78 is 0. The highest BCUT2D eigenvalue weighted by Crippen LogP contribution is 2.31. The molecule has 2 aromatic rings. The first-order valence-corrected chi connectivity index (χ1v) is 6.93. The van der Waals surface area contributed by atoms with Crippen LogP contribution in [0.1, 0.15) is 5.56 Å². The molecule has 0 aliphatic heterocycles. The lowest BCUT2D eigenvalue weighted by Crippen LogP contribution is -2.19. The van der Waals surface area contributed by atoms with E-state index in [1.54, 1.807) is 6.07 Å². The molecule has 0 saturated heterocycles. The molecule has 0 unspecified atom stereocenters. The zero-order valence-corrected chi connectivity index (χ0v) is 13.0. The third kappa shape index (κ3) is 3.46. The Morgan fingerprint density at radius 3 is 2.40 bits per heavy atom. The summed E-state index contributed by atoms with van der Waals surface area (Å²) in [6, 6.07) is 9.19. The van der Waals surface area contributed by atoms with E-state index in [0.717, 1.165) is 5.56 Å². The first-order chi connectivity index (χ1) is 9.51. The van der Waals surface area contributed by atoms with Crippen LogP contribution in [-0.4, -0.2) is 12.0 Å². The summed E-state index contributed by atoms with van der Waals surface area (Å²) in [7, 11) is 1.89. The van der Waals surface area contributed by atoms with Crippen molar-refractivity contribution < 1.29 is 0 Å². The molecular formula is C13H13Cl3N4. The highest BCUT2D eigenvalue weighted by Gasteiger charge is 2.12. The molecule has 1 aromatic heterocycles. The predicted molar refractivity (Wildman–Crippen MR) is 85.6 cm³/mol. The lowest BCUT2D eigenvalue weighted by molar-refractivity contribution is 0.898. The molecule has 1 heterocycles. The molecule has 7 heteroatoms. The van der Waals surface area contributed by atoms with Crippen molar-refractivity contribution in [1.29, 1.82) is 0 Å². The van der Waals surface area contributed by atoms with Crippen molar-refractivity contribution in [2.24, 2.45) is 5.84 Å². The normalized spacial score (nSPS) is 10.4. The van der Waals surface area contributed by atoms with Gasteiger partial charge >= 0.3 is 0 Å². The van der Waals surface area contributed by atoms with E-state index in [0.29, 0.717) is 33.2 Å². The van der Waals surface area contributed by atoms with Gasteiger partial charge in [-0.1, -0.05) is 46.9 Å². The molecule has 0 aliphatic carbocycles. The topological polar surface area (TPSA) is 54.2 Å². The highest BCUT2D eigenvalue weighted by molar-refractivity contribution is 6.37. The summed E-state index contributed by atoms with van der Waals surface area (Å²) in [6.07, 6.45) is 0. The van der Waals surface area contributed by atoms with Crippen LogP contribution in [0.25, 0.3) is 0 Å². The average molecular weight is 332 g/mol. The van der Waals surface area contributed by atoms with E-state index < -0.39 is 0 Å². The Kier molecular flexibility index (Phi) is 4.94. The van der Waals surface area contributed by atoms with E-state index in [9.17, 15) is 0 Å².